The third-order valence-corrected chi connectivity index (χ3v) is 5.11. The van der Waals surface area contributed by atoms with Crippen LogP contribution in [0.3, 0.4) is 0 Å². The van der Waals surface area contributed by atoms with Crippen molar-refractivity contribution >= 4 is 17.9 Å². The van der Waals surface area contributed by atoms with Crippen LogP contribution in [0.2, 0.25) is 0 Å². The van der Waals surface area contributed by atoms with Crippen molar-refractivity contribution in [3.8, 4) is 0 Å². The molecule has 3 nitrogen and oxygen atoms in total. The molecule has 0 aliphatic heterocycles. The molecule has 0 fully saturated rings. The molecule has 1 aliphatic carbocycles. The van der Waals surface area contributed by atoms with Gasteiger partial charge in [-0.15, -0.1) is 0 Å². The minimum Gasteiger partial charge on any atom is -0.366 e. The molecule has 1 amide bonds. The first-order valence-corrected chi connectivity index (χ1v) is 8.44. The van der Waals surface area contributed by atoms with Crippen LogP contribution in [0.1, 0.15) is 33.5 Å². The Morgan fingerprint density at radius 3 is 2.70 bits per heavy atom. The molecule has 0 heterocycles. The molecular weight excluding hydrogens is 311 g/mol. The summed E-state index contributed by atoms with van der Waals surface area (Å²) in [4.78, 5) is 12.5. The number of hydrogen-bond donors (Lipinski definition) is 2. The van der Waals surface area contributed by atoms with Crippen molar-refractivity contribution in [2.45, 2.75) is 37.1 Å². The minimum atomic E-state index is -0.714. The smallest absolute Gasteiger partial charge is 0.251 e. The Balaban J connectivity index is 1.68. The number of aryl methyl sites for hydroxylation is 2. The summed E-state index contributed by atoms with van der Waals surface area (Å²) in [7, 11) is 0. The second kappa shape index (κ2) is 6.72. The summed E-state index contributed by atoms with van der Waals surface area (Å²) < 4.78 is 17.3. The predicted octanol–water partition coefficient (Wildman–Crippen LogP) is 3.39. The Kier molecular flexibility index (Phi) is 4.68. The zero-order chi connectivity index (χ0) is 16.4. The Morgan fingerprint density at radius 2 is 2.00 bits per heavy atom. The highest BCUT2D eigenvalue weighted by atomic mass is 32.2. The summed E-state index contributed by atoms with van der Waals surface area (Å²) in [6, 6.07) is 11.7. The number of hydrogen-bond acceptors (Lipinski definition) is 3. The Bertz CT molecular complexity index is 731. The van der Waals surface area contributed by atoms with Gasteiger partial charge in [0, 0.05) is 10.9 Å². The van der Waals surface area contributed by atoms with E-state index < -0.39 is 11.7 Å². The number of fused-ring (bicyclic) bond motifs is 1. The molecule has 3 rings (SSSR count). The summed E-state index contributed by atoms with van der Waals surface area (Å²) in [5, 5.41) is 0. The molecule has 1 atom stereocenters. The van der Waals surface area contributed by atoms with E-state index in [1.165, 1.54) is 16.5 Å². The van der Waals surface area contributed by atoms with Gasteiger partial charge < -0.3 is 5.73 Å². The molecule has 0 aromatic heterocycles. The lowest BCUT2D eigenvalue weighted by atomic mass is 9.87. The molecular formula is C18H19FN2OS. The SMILES string of the molecule is Cc1ccc(SNC2CCc3cc(F)c(C(N)=O)cc3C2)cc1. The van der Waals surface area contributed by atoms with E-state index in [-0.39, 0.29) is 5.56 Å². The highest BCUT2D eigenvalue weighted by Gasteiger charge is 2.22. The van der Waals surface area contributed by atoms with Gasteiger partial charge in [-0.3, -0.25) is 9.52 Å². The van der Waals surface area contributed by atoms with Crippen molar-refractivity contribution in [1.29, 1.82) is 0 Å². The number of carbonyl (C=O) groups excluding carboxylic acids is 1. The van der Waals surface area contributed by atoms with E-state index in [9.17, 15) is 9.18 Å². The summed E-state index contributed by atoms with van der Waals surface area (Å²) in [5.41, 5.74) is 8.44. The summed E-state index contributed by atoms with van der Waals surface area (Å²) in [6.45, 7) is 2.06. The molecule has 3 N–H and O–H groups in total. The van der Waals surface area contributed by atoms with E-state index in [2.05, 4.69) is 35.9 Å². The first-order chi connectivity index (χ1) is 11.0. The van der Waals surface area contributed by atoms with Gasteiger partial charge in [0.2, 0.25) is 0 Å². The highest BCUT2D eigenvalue weighted by Crippen LogP contribution is 2.26. The standard InChI is InChI=1S/C18H19FN2OS/c1-11-2-6-15(7-3-11)23-21-14-5-4-12-10-17(19)16(18(20)22)9-13(12)8-14/h2-3,6-7,9-10,14,21H,4-5,8H2,1H3,(H2,20,22). The van der Waals surface area contributed by atoms with Gasteiger partial charge in [-0.05, 0) is 73.5 Å². The molecule has 0 spiro atoms. The zero-order valence-corrected chi connectivity index (χ0v) is 13.8. The predicted molar refractivity (Wildman–Crippen MR) is 90.9 cm³/mol. The van der Waals surface area contributed by atoms with Crippen LogP contribution in [0.25, 0.3) is 0 Å². The van der Waals surface area contributed by atoms with Crippen molar-refractivity contribution in [1.82, 2.24) is 4.72 Å². The molecule has 1 aliphatic rings. The number of carbonyl (C=O) groups is 1. The van der Waals surface area contributed by atoms with Gasteiger partial charge in [0.25, 0.3) is 5.91 Å². The fraction of sp³-hybridized carbons (Fsp3) is 0.278. The maximum atomic E-state index is 13.8. The van der Waals surface area contributed by atoms with Crippen LogP contribution in [-0.2, 0) is 12.8 Å². The molecule has 2 aromatic rings. The van der Waals surface area contributed by atoms with Crippen LogP contribution < -0.4 is 10.5 Å². The number of benzene rings is 2. The van der Waals surface area contributed by atoms with Gasteiger partial charge in [-0.2, -0.15) is 0 Å². The average molecular weight is 330 g/mol. The van der Waals surface area contributed by atoms with E-state index in [0.29, 0.717) is 6.04 Å². The van der Waals surface area contributed by atoms with E-state index in [4.69, 9.17) is 5.73 Å². The van der Waals surface area contributed by atoms with Crippen LogP contribution >= 0.6 is 11.9 Å². The van der Waals surface area contributed by atoms with E-state index in [1.54, 1.807) is 18.0 Å². The van der Waals surface area contributed by atoms with Gasteiger partial charge >= 0.3 is 0 Å². The first-order valence-electron chi connectivity index (χ1n) is 7.63. The lowest BCUT2D eigenvalue weighted by molar-refractivity contribution is 0.0996. The van der Waals surface area contributed by atoms with Gasteiger partial charge in [-0.1, -0.05) is 17.7 Å². The van der Waals surface area contributed by atoms with Crippen LogP contribution in [0.15, 0.2) is 41.3 Å². The van der Waals surface area contributed by atoms with Crippen LogP contribution in [0.4, 0.5) is 4.39 Å². The quantitative estimate of drug-likeness (QED) is 0.845. The molecule has 0 bridgehead atoms. The van der Waals surface area contributed by atoms with Crippen LogP contribution in [-0.4, -0.2) is 11.9 Å². The monoisotopic (exact) mass is 330 g/mol. The van der Waals surface area contributed by atoms with Crippen LogP contribution in [0.5, 0.6) is 0 Å². The van der Waals surface area contributed by atoms with Gasteiger partial charge in [0.05, 0.1) is 5.56 Å². The van der Waals surface area contributed by atoms with Crippen molar-refractivity contribution in [3.05, 3.63) is 64.5 Å². The lowest BCUT2D eigenvalue weighted by Gasteiger charge is -2.25. The maximum Gasteiger partial charge on any atom is 0.251 e. The van der Waals surface area contributed by atoms with Crippen molar-refractivity contribution in [2.24, 2.45) is 5.73 Å². The Labute approximate surface area is 139 Å². The van der Waals surface area contributed by atoms with Crippen LogP contribution in [0, 0.1) is 12.7 Å². The maximum absolute atomic E-state index is 13.8. The number of rotatable bonds is 4. The Hall–Kier alpha value is -1.85. The topological polar surface area (TPSA) is 55.1 Å². The number of nitrogens with two attached hydrogens (primary N) is 1. The van der Waals surface area contributed by atoms with E-state index in [0.717, 1.165) is 30.4 Å². The van der Waals surface area contributed by atoms with Gasteiger partial charge in [0.15, 0.2) is 0 Å². The average Bonchev–Trinajstić information content (AvgIpc) is 2.53. The summed E-state index contributed by atoms with van der Waals surface area (Å²) in [6.07, 6.45) is 2.52. The number of nitrogens with one attached hydrogen (secondary N) is 1. The van der Waals surface area contributed by atoms with Crippen molar-refractivity contribution < 1.29 is 9.18 Å². The molecule has 0 saturated heterocycles. The van der Waals surface area contributed by atoms with E-state index in [1.807, 2.05) is 0 Å². The third-order valence-electron chi connectivity index (χ3n) is 4.15. The largest absolute Gasteiger partial charge is 0.366 e. The lowest BCUT2D eigenvalue weighted by Crippen LogP contribution is -2.30. The highest BCUT2D eigenvalue weighted by molar-refractivity contribution is 7.97. The molecule has 0 radical (unpaired) electrons. The molecule has 23 heavy (non-hydrogen) atoms. The normalized spacial score (nSPS) is 16.9. The Morgan fingerprint density at radius 1 is 1.26 bits per heavy atom. The number of halogens is 1. The number of primary amides is 1. The third kappa shape index (κ3) is 3.74. The second-order valence-electron chi connectivity index (χ2n) is 5.94. The number of amides is 1. The zero-order valence-electron chi connectivity index (χ0n) is 12.9. The summed E-state index contributed by atoms with van der Waals surface area (Å²) in [5.74, 6) is -1.23. The second-order valence-corrected chi connectivity index (χ2v) is 6.85. The van der Waals surface area contributed by atoms with Crippen molar-refractivity contribution in [3.63, 3.8) is 0 Å². The first kappa shape index (κ1) is 16.0. The summed E-state index contributed by atoms with van der Waals surface area (Å²) >= 11 is 1.61. The molecule has 1 unspecified atom stereocenters. The van der Waals surface area contributed by atoms with E-state index >= 15 is 0 Å². The van der Waals surface area contributed by atoms with Gasteiger partial charge in [-0.25, -0.2) is 4.39 Å². The molecule has 5 heteroatoms. The fourth-order valence-electron chi connectivity index (χ4n) is 2.83. The molecule has 2 aromatic carbocycles. The molecule has 120 valence electrons. The molecule has 0 saturated carbocycles. The van der Waals surface area contributed by atoms with Gasteiger partial charge in [0.1, 0.15) is 5.82 Å². The fourth-order valence-corrected chi connectivity index (χ4v) is 3.60. The van der Waals surface area contributed by atoms with Crippen molar-refractivity contribution in [2.75, 3.05) is 0 Å². The minimum absolute atomic E-state index is 0.0180.